The molecular weight excluding hydrogens is 450 g/mol. The first-order valence-corrected chi connectivity index (χ1v) is 13.1. The smallest absolute Gasteiger partial charge is 0.0392 e. The molecule has 0 saturated carbocycles. The average Bonchev–Trinajstić information content (AvgIpc) is 3.37. The Morgan fingerprint density at radius 3 is 0.865 bits per heavy atom. The maximum atomic E-state index is 3.73. The molecule has 0 aliphatic rings. The van der Waals surface area contributed by atoms with Gasteiger partial charge in [0, 0.05) is 50.7 Å². The lowest BCUT2D eigenvalue weighted by Crippen LogP contribution is -2.23. The first-order valence-electron chi connectivity index (χ1n) is 13.1. The lowest BCUT2D eigenvalue weighted by molar-refractivity contribution is 0.239. The summed E-state index contributed by atoms with van der Waals surface area (Å²) in [5.74, 6) is 0. The largest absolute Gasteiger partial charge is 0.360 e. The van der Waals surface area contributed by atoms with Gasteiger partial charge in [-0.25, -0.2) is 0 Å². The number of nitrogens with zero attached hydrogens (tertiary/aromatic N) is 2. The highest BCUT2D eigenvalue weighted by molar-refractivity contribution is 5.20. The Labute approximate surface area is 221 Å². The molecule has 1 N–H and O–H groups in total. The third-order valence-corrected chi connectivity index (χ3v) is 6.59. The van der Waals surface area contributed by atoms with Crippen molar-refractivity contribution in [2.24, 2.45) is 0 Å². The Balaban J connectivity index is 1.29. The predicted octanol–water partition coefficient (Wildman–Crippen LogP) is 7.42. The predicted molar refractivity (Wildman–Crippen MR) is 152 cm³/mol. The summed E-state index contributed by atoms with van der Waals surface area (Å²) < 4.78 is 0. The lowest BCUT2D eigenvalue weighted by Gasteiger charge is -2.23. The quantitative estimate of drug-likeness (QED) is 0.199. The SMILES string of the molecule is c1ccc(CN(Cc2ccccc2)Cc2ccc(CN(Cc3ccccc3)Cc3ccccc3)[nH]2)cc1. The molecule has 1 aromatic heterocycles. The van der Waals surface area contributed by atoms with Gasteiger partial charge >= 0.3 is 0 Å². The summed E-state index contributed by atoms with van der Waals surface area (Å²) in [7, 11) is 0. The maximum Gasteiger partial charge on any atom is 0.0392 e. The van der Waals surface area contributed by atoms with E-state index in [4.69, 9.17) is 0 Å². The molecule has 0 aliphatic carbocycles. The van der Waals surface area contributed by atoms with E-state index in [9.17, 15) is 0 Å². The second-order valence-electron chi connectivity index (χ2n) is 9.74. The number of rotatable bonds is 12. The van der Waals surface area contributed by atoms with Crippen molar-refractivity contribution in [3.8, 4) is 0 Å². The van der Waals surface area contributed by atoms with E-state index in [-0.39, 0.29) is 0 Å². The van der Waals surface area contributed by atoms with Crippen molar-refractivity contribution in [3.63, 3.8) is 0 Å². The molecule has 0 unspecified atom stereocenters. The molecule has 0 fully saturated rings. The summed E-state index contributed by atoms with van der Waals surface area (Å²) in [5, 5.41) is 0. The molecule has 1 heterocycles. The standard InChI is InChI=1S/C34H35N3/c1-5-13-29(14-6-1)23-36(24-30-15-7-2-8-16-30)27-33-21-22-34(35-33)28-37(25-31-17-9-3-10-18-31)26-32-19-11-4-12-20-32/h1-22,35H,23-28H2. The van der Waals surface area contributed by atoms with Gasteiger partial charge in [-0.3, -0.25) is 9.80 Å². The second kappa shape index (κ2) is 12.9. The summed E-state index contributed by atoms with van der Waals surface area (Å²) in [6.07, 6.45) is 0. The lowest BCUT2D eigenvalue weighted by atomic mass is 10.1. The van der Waals surface area contributed by atoms with Gasteiger partial charge < -0.3 is 4.98 Å². The average molecular weight is 486 g/mol. The fourth-order valence-electron chi connectivity index (χ4n) is 4.86. The molecule has 3 nitrogen and oxygen atoms in total. The van der Waals surface area contributed by atoms with Gasteiger partial charge in [0.2, 0.25) is 0 Å². The molecule has 37 heavy (non-hydrogen) atoms. The van der Waals surface area contributed by atoms with Gasteiger partial charge in [0.05, 0.1) is 0 Å². The minimum absolute atomic E-state index is 0.876. The Kier molecular flexibility index (Phi) is 8.61. The normalized spacial score (nSPS) is 11.3. The monoisotopic (exact) mass is 485 g/mol. The molecule has 5 aromatic rings. The summed E-state index contributed by atoms with van der Waals surface area (Å²) >= 11 is 0. The molecule has 3 heteroatoms. The van der Waals surface area contributed by atoms with Crippen LogP contribution in [-0.2, 0) is 39.3 Å². The number of H-pyrrole nitrogens is 1. The fourth-order valence-corrected chi connectivity index (χ4v) is 4.86. The Hall–Kier alpha value is -3.92. The van der Waals surface area contributed by atoms with Crippen LogP contribution in [0, 0.1) is 0 Å². The third-order valence-electron chi connectivity index (χ3n) is 6.59. The van der Waals surface area contributed by atoms with Crippen molar-refractivity contribution in [3.05, 3.63) is 167 Å². The minimum atomic E-state index is 0.876. The van der Waals surface area contributed by atoms with E-state index in [1.807, 2.05) is 0 Å². The fraction of sp³-hybridized carbons (Fsp3) is 0.176. The number of hydrogen-bond donors (Lipinski definition) is 1. The summed E-state index contributed by atoms with van der Waals surface area (Å²) in [6, 6.07) is 47.5. The zero-order valence-corrected chi connectivity index (χ0v) is 21.3. The zero-order valence-electron chi connectivity index (χ0n) is 21.3. The number of hydrogen-bond acceptors (Lipinski definition) is 2. The minimum Gasteiger partial charge on any atom is -0.360 e. The Morgan fingerprint density at radius 1 is 0.324 bits per heavy atom. The van der Waals surface area contributed by atoms with E-state index in [1.165, 1.54) is 33.6 Å². The number of nitrogens with one attached hydrogen (secondary N) is 1. The molecule has 0 aliphatic heterocycles. The van der Waals surface area contributed by atoms with Crippen LogP contribution in [0.15, 0.2) is 133 Å². The van der Waals surface area contributed by atoms with Crippen LogP contribution >= 0.6 is 0 Å². The summed E-state index contributed by atoms with van der Waals surface area (Å²) in [6.45, 7) is 5.41. The van der Waals surface area contributed by atoms with E-state index in [0.717, 1.165) is 39.3 Å². The van der Waals surface area contributed by atoms with Crippen LogP contribution < -0.4 is 0 Å². The van der Waals surface area contributed by atoms with E-state index >= 15 is 0 Å². The van der Waals surface area contributed by atoms with Crippen LogP contribution in [0.5, 0.6) is 0 Å². The molecular formula is C34H35N3. The van der Waals surface area contributed by atoms with Gasteiger partial charge in [-0.1, -0.05) is 121 Å². The van der Waals surface area contributed by atoms with Crippen molar-refractivity contribution < 1.29 is 0 Å². The number of aromatic amines is 1. The van der Waals surface area contributed by atoms with Crippen molar-refractivity contribution >= 4 is 0 Å². The van der Waals surface area contributed by atoms with Crippen LogP contribution in [0.1, 0.15) is 33.6 Å². The topological polar surface area (TPSA) is 22.3 Å². The van der Waals surface area contributed by atoms with Gasteiger partial charge in [-0.15, -0.1) is 0 Å². The highest BCUT2D eigenvalue weighted by atomic mass is 15.1. The highest BCUT2D eigenvalue weighted by Crippen LogP contribution is 2.17. The van der Waals surface area contributed by atoms with Gasteiger partial charge in [0.15, 0.2) is 0 Å². The first-order chi connectivity index (χ1) is 18.3. The number of benzene rings is 4. The number of aromatic nitrogens is 1. The molecule has 4 aromatic carbocycles. The molecule has 0 saturated heterocycles. The van der Waals surface area contributed by atoms with E-state index < -0.39 is 0 Å². The van der Waals surface area contributed by atoms with Crippen LogP contribution in [0.2, 0.25) is 0 Å². The zero-order chi connectivity index (χ0) is 25.1. The molecule has 0 spiro atoms. The van der Waals surface area contributed by atoms with Gasteiger partial charge in [0.25, 0.3) is 0 Å². The van der Waals surface area contributed by atoms with Gasteiger partial charge in [-0.05, 0) is 34.4 Å². The molecule has 0 amide bonds. The van der Waals surface area contributed by atoms with Crippen molar-refractivity contribution in [2.45, 2.75) is 39.3 Å². The summed E-state index contributed by atoms with van der Waals surface area (Å²) in [4.78, 5) is 8.75. The van der Waals surface area contributed by atoms with Gasteiger partial charge in [0.1, 0.15) is 0 Å². The Bertz CT molecular complexity index is 1130. The molecule has 5 rings (SSSR count). The molecule has 0 bridgehead atoms. The molecule has 0 atom stereocenters. The summed E-state index contributed by atoms with van der Waals surface area (Å²) in [5.41, 5.74) is 7.84. The van der Waals surface area contributed by atoms with Crippen LogP contribution in [0.4, 0.5) is 0 Å². The van der Waals surface area contributed by atoms with Crippen molar-refractivity contribution in [1.29, 1.82) is 0 Å². The van der Waals surface area contributed by atoms with Crippen molar-refractivity contribution in [1.82, 2.24) is 14.8 Å². The Morgan fingerprint density at radius 2 is 0.595 bits per heavy atom. The van der Waals surface area contributed by atoms with Crippen molar-refractivity contribution in [2.75, 3.05) is 0 Å². The highest BCUT2D eigenvalue weighted by Gasteiger charge is 2.13. The maximum absolute atomic E-state index is 3.73. The van der Waals surface area contributed by atoms with E-state index in [1.54, 1.807) is 0 Å². The third kappa shape index (κ3) is 7.78. The first kappa shape index (κ1) is 24.8. The second-order valence-corrected chi connectivity index (χ2v) is 9.74. The van der Waals surface area contributed by atoms with Crippen LogP contribution in [0.3, 0.4) is 0 Å². The van der Waals surface area contributed by atoms with Gasteiger partial charge in [-0.2, -0.15) is 0 Å². The molecule has 0 radical (unpaired) electrons. The molecule has 186 valence electrons. The van der Waals surface area contributed by atoms with Crippen LogP contribution in [-0.4, -0.2) is 14.8 Å². The van der Waals surface area contributed by atoms with E-state index in [0.29, 0.717) is 0 Å². The van der Waals surface area contributed by atoms with Crippen LogP contribution in [0.25, 0.3) is 0 Å². The van der Waals surface area contributed by atoms with E-state index in [2.05, 4.69) is 148 Å².